The highest BCUT2D eigenvalue weighted by molar-refractivity contribution is 8.00. The summed E-state index contributed by atoms with van der Waals surface area (Å²) < 4.78 is 0. The number of amides is 1. The number of thioether (sulfide) groups is 2. The van der Waals surface area contributed by atoms with Crippen LogP contribution in [-0.2, 0) is 4.79 Å². The second-order valence-electron chi connectivity index (χ2n) is 6.68. The number of hydrogen-bond donors (Lipinski definition) is 1. The SMILES string of the molecule is CC(=O)c1ccc(NC(=O)CSc2cc(C)nc(SCC(=O)c3ccccc3)n2)cc1. The van der Waals surface area contributed by atoms with E-state index < -0.39 is 0 Å². The average Bonchev–Trinajstić information content (AvgIpc) is 2.77. The van der Waals surface area contributed by atoms with E-state index in [-0.39, 0.29) is 29.0 Å². The summed E-state index contributed by atoms with van der Waals surface area (Å²) in [6.07, 6.45) is 0. The monoisotopic (exact) mass is 451 g/mol. The number of aryl methyl sites for hydroxylation is 1. The van der Waals surface area contributed by atoms with Crippen LogP contribution in [0.5, 0.6) is 0 Å². The smallest absolute Gasteiger partial charge is 0.234 e. The van der Waals surface area contributed by atoms with Crippen molar-refractivity contribution in [2.45, 2.75) is 24.0 Å². The first kappa shape index (κ1) is 22.7. The molecule has 2 aromatic carbocycles. The first-order valence-corrected chi connectivity index (χ1v) is 11.5. The minimum absolute atomic E-state index is 0.0140. The molecule has 8 heteroatoms. The van der Waals surface area contributed by atoms with Crippen LogP contribution in [0, 0.1) is 6.92 Å². The van der Waals surface area contributed by atoms with E-state index >= 15 is 0 Å². The molecule has 158 valence electrons. The topological polar surface area (TPSA) is 89.0 Å². The van der Waals surface area contributed by atoms with Crippen molar-refractivity contribution in [1.29, 1.82) is 0 Å². The van der Waals surface area contributed by atoms with E-state index in [4.69, 9.17) is 0 Å². The maximum atomic E-state index is 12.3. The van der Waals surface area contributed by atoms with Crippen LogP contribution in [-0.4, -0.2) is 38.9 Å². The number of rotatable bonds is 9. The van der Waals surface area contributed by atoms with Gasteiger partial charge < -0.3 is 5.32 Å². The van der Waals surface area contributed by atoms with Crippen molar-refractivity contribution in [3.8, 4) is 0 Å². The zero-order valence-electron chi connectivity index (χ0n) is 17.1. The van der Waals surface area contributed by atoms with Crippen LogP contribution in [0.15, 0.2) is 70.8 Å². The van der Waals surface area contributed by atoms with E-state index in [2.05, 4.69) is 15.3 Å². The maximum Gasteiger partial charge on any atom is 0.234 e. The number of carbonyl (C=O) groups excluding carboxylic acids is 3. The first-order chi connectivity index (χ1) is 14.9. The Balaban J connectivity index is 1.54. The van der Waals surface area contributed by atoms with Gasteiger partial charge in [-0.05, 0) is 44.2 Å². The Kier molecular flexibility index (Phi) is 7.97. The summed E-state index contributed by atoms with van der Waals surface area (Å²) >= 11 is 2.58. The van der Waals surface area contributed by atoms with Gasteiger partial charge in [-0.1, -0.05) is 53.9 Å². The van der Waals surface area contributed by atoms with Crippen molar-refractivity contribution in [1.82, 2.24) is 9.97 Å². The normalized spacial score (nSPS) is 10.5. The summed E-state index contributed by atoms with van der Waals surface area (Å²) in [6.45, 7) is 3.35. The van der Waals surface area contributed by atoms with Crippen LogP contribution in [0.1, 0.15) is 33.3 Å². The summed E-state index contributed by atoms with van der Waals surface area (Å²) in [5, 5.41) is 3.98. The number of anilines is 1. The quantitative estimate of drug-likeness (QED) is 0.218. The number of aromatic nitrogens is 2. The van der Waals surface area contributed by atoms with E-state index in [0.29, 0.717) is 27.0 Å². The largest absolute Gasteiger partial charge is 0.325 e. The number of nitrogens with zero attached hydrogens (tertiary/aromatic N) is 2. The molecule has 0 spiro atoms. The summed E-state index contributed by atoms with van der Waals surface area (Å²) in [6, 6.07) is 17.7. The van der Waals surface area contributed by atoms with Crippen LogP contribution < -0.4 is 5.32 Å². The summed E-state index contributed by atoms with van der Waals surface area (Å²) in [7, 11) is 0. The van der Waals surface area contributed by atoms with Gasteiger partial charge in [-0.15, -0.1) is 0 Å². The Hall–Kier alpha value is -2.97. The van der Waals surface area contributed by atoms with Crippen LogP contribution in [0.2, 0.25) is 0 Å². The minimum Gasteiger partial charge on any atom is -0.325 e. The molecule has 1 amide bonds. The molecule has 0 aliphatic rings. The molecule has 0 aliphatic heterocycles. The Morgan fingerprint density at radius 2 is 1.58 bits per heavy atom. The molecular formula is C23H21N3O3S2. The minimum atomic E-state index is -0.176. The van der Waals surface area contributed by atoms with Gasteiger partial charge in [0.2, 0.25) is 5.91 Å². The van der Waals surface area contributed by atoms with Crippen molar-refractivity contribution >= 4 is 46.7 Å². The number of benzene rings is 2. The van der Waals surface area contributed by atoms with Crippen LogP contribution in [0.25, 0.3) is 0 Å². The van der Waals surface area contributed by atoms with Crippen molar-refractivity contribution in [3.05, 3.63) is 77.5 Å². The summed E-state index contributed by atoms with van der Waals surface area (Å²) in [4.78, 5) is 44.7. The lowest BCUT2D eigenvalue weighted by Gasteiger charge is -2.07. The molecule has 0 fully saturated rings. The molecular weight excluding hydrogens is 430 g/mol. The fraction of sp³-hybridized carbons (Fsp3) is 0.174. The third-order valence-electron chi connectivity index (χ3n) is 4.16. The molecule has 0 bridgehead atoms. The highest BCUT2D eigenvalue weighted by Crippen LogP contribution is 2.22. The van der Waals surface area contributed by atoms with Crippen molar-refractivity contribution in [2.75, 3.05) is 16.8 Å². The van der Waals surface area contributed by atoms with Crippen LogP contribution in [0.3, 0.4) is 0 Å². The van der Waals surface area contributed by atoms with Crippen molar-refractivity contribution < 1.29 is 14.4 Å². The van der Waals surface area contributed by atoms with E-state index in [0.717, 1.165) is 5.69 Å². The van der Waals surface area contributed by atoms with E-state index in [1.54, 1.807) is 36.4 Å². The molecule has 0 radical (unpaired) electrons. The van der Waals surface area contributed by atoms with E-state index in [1.165, 1.54) is 30.4 Å². The van der Waals surface area contributed by atoms with Crippen LogP contribution in [0.4, 0.5) is 5.69 Å². The second kappa shape index (κ2) is 10.9. The zero-order chi connectivity index (χ0) is 22.2. The predicted octanol–water partition coefficient (Wildman–Crippen LogP) is 4.69. The van der Waals surface area contributed by atoms with Gasteiger partial charge in [-0.3, -0.25) is 14.4 Å². The van der Waals surface area contributed by atoms with Gasteiger partial charge in [0, 0.05) is 22.5 Å². The zero-order valence-corrected chi connectivity index (χ0v) is 18.8. The number of carbonyl (C=O) groups is 3. The Labute approximate surface area is 189 Å². The van der Waals surface area contributed by atoms with Crippen molar-refractivity contribution in [2.24, 2.45) is 0 Å². The number of ketones is 2. The van der Waals surface area contributed by atoms with Gasteiger partial charge in [0.05, 0.1) is 11.5 Å². The highest BCUT2D eigenvalue weighted by atomic mass is 32.2. The summed E-state index contributed by atoms with van der Waals surface area (Å²) in [5.74, 6) is 0.240. The fourth-order valence-electron chi connectivity index (χ4n) is 2.61. The van der Waals surface area contributed by atoms with Gasteiger partial charge in [0.25, 0.3) is 0 Å². The molecule has 0 aliphatic carbocycles. The highest BCUT2D eigenvalue weighted by Gasteiger charge is 2.11. The molecule has 1 N–H and O–H groups in total. The average molecular weight is 452 g/mol. The van der Waals surface area contributed by atoms with Crippen molar-refractivity contribution in [3.63, 3.8) is 0 Å². The lowest BCUT2D eigenvalue weighted by molar-refractivity contribution is -0.113. The molecule has 0 saturated carbocycles. The van der Waals surface area contributed by atoms with Gasteiger partial charge in [-0.2, -0.15) is 0 Å². The molecule has 1 heterocycles. The number of hydrogen-bond acceptors (Lipinski definition) is 7. The molecule has 3 aromatic rings. The fourth-order valence-corrected chi connectivity index (χ4v) is 4.23. The third kappa shape index (κ3) is 7.04. The van der Waals surface area contributed by atoms with Gasteiger partial charge >= 0.3 is 0 Å². The van der Waals surface area contributed by atoms with Gasteiger partial charge in [-0.25, -0.2) is 9.97 Å². The van der Waals surface area contributed by atoms with E-state index in [9.17, 15) is 14.4 Å². The predicted molar refractivity (Wildman–Crippen MR) is 124 cm³/mol. The van der Waals surface area contributed by atoms with Gasteiger partial charge in [0.1, 0.15) is 5.03 Å². The molecule has 3 rings (SSSR count). The maximum absolute atomic E-state index is 12.3. The molecule has 31 heavy (non-hydrogen) atoms. The standard InChI is InChI=1S/C23H21N3O3S2/c1-15-12-22(26-23(24-15)31-13-20(28)18-6-4-3-5-7-18)30-14-21(29)25-19-10-8-17(9-11-19)16(2)27/h3-12H,13-14H2,1-2H3,(H,25,29). The Bertz CT molecular complexity index is 1090. The molecule has 0 atom stereocenters. The molecule has 1 aromatic heterocycles. The lowest BCUT2D eigenvalue weighted by Crippen LogP contribution is -2.14. The summed E-state index contributed by atoms with van der Waals surface area (Å²) in [5.41, 5.74) is 2.65. The van der Waals surface area contributed by atoms with Gasteiger partial charge in [0.15, 0.2) is 16.7 Å². The number of nitrogens with one attached hydrogen (secondary N) is 1. The third-order valence-corrected chi connectivity index (χ3v) is 5.92. The molecule has 0 unspecified atom stereocenters. The first-order valence-electron chi connectivity index (χ1n) is 9.51. The lowest BCUT2D eigenvalue weighted by atomic mass is 10.1. The number of Topliss-reactive ketones (excluding diaryl/α,β-unsaturated/α-hetero) is 2. The molecule has 0 saturated heterocycles. The Morgan fingerprint density at radius 3 is 2.26 bits per heavy atom. The van der Waals surface area contributed by atoms with E-state index in [1.807, 2.05) is 31.2 Å². The molecule has 6 nitrogen and oxygen atoms in total. The second-order valence-corrected chi connectivity index (χ2v) is 8.62. The van der Waals surface area contributed by atoms with Crippen LogP contribution >= 0.6 is 23.5 Å². The Morgan fingerprint density at radius 1 is 0.871 bits per heavy atom.